The predicted octanol–water partition coefficient (Wildman–Crippen LogP) is 2.16. The Morgan fingerprint density at radius 2 is 2.24 bits per heavy atom. The molecular weight excluding hydrogens is 266 g/mol. The van der Waals surface area contributed by atoms with Crippen LogP contribution < -0.4 is 0 Å². The molecule has 110 valence electrons. The van der Waals surface area contributed by atoms with Crippen LogP contribution in [0, 0.1) is 0 Å². The molecule has 5 heteroatoms. The van der Waals surface area contributed by atoms with Crippen LogP contribution in [0.2, 0.25) is 0 Å². The molecule has 1 aliphatic heterocycles. The van der Waals surface area contributed by atoms with E-state index in [9.17, 15) is 9.90 Å². The average molecular weight is 285 g/mol. The first-order chi connectivity index (χ1) is 10.2. The van der Waals surface area contributed by atoms with E-state index in [1.54, 1.807) is 6.07 Å². The number of carbonyl (C=O) groups is 1. The smallest absolute Gasteiger partial charge is 0.335 e. The van der Waals surface area contributed by atoms with Gasteiger partial charge in [-0.15, -0.1) is 0 Å². The fraction of sp³-hybridized carbons (Fsp3) is 0.375. The van der Waals surface area contributed by atoms with E-state index in [1.807, 2.05) is 29.1 Å². The third-order valence-electron chi connectivity index (χ3n) is 4.07. The first kappa shape index (κ1) is 13.8. The molecule has 1 aromatic carbocycles. The molecule has 0 spiro atoms. The number of fused-ring (bicyclic) bond motifs is 1. The van der Waals surface area contributed by atoms with Crippen LogP contribution in [-0.4, -0.2) is 32.3 Å². The second-order valence-corrected chi connectivity index (χ2v) is 5.35. The lowest BCUT2D eigenvalue weighted by molar-refractivity contribution is 0.0694. The Morgan fingerprint density at radius 3 is 3.00 bits per heavy atom. The van der Waals surface area contributed by atoms with Gasteiger partial charge in [-0.05, 0) is 36.6 Å². The van der Waals surface area contributed by atoms with Crippen LogP contribution in [-0.2, 0) is 26.1 Å². The summed E-state index contributed by atoms with van der Waals surface area (Å²) in [4.78, 5) is 13.6. The van der Waals surface area contributed by atoms with E-state index in [-0.39, 0.29) is 0 Å². The number of hydrogen-bond acceptors (Lipinski definition) is 3. The molecule has 1 aliphatic rings. The van der Waals surface area contributed by atoms with Gasteiger partial charge in [-0.25, -0.2) is 4.79 Å². The van der Waals surface area contributed by atoms with E-state index in [4.69, 9.17) is 0 Å². The molecule has 0 amide bonds. The SMILES string of the molecule is CCn1nccc1CN1CCc2c(cccc2C(=O)O)C1. The third-order valence-corrected chi connectivity index (χ3v) is 4.07. The van der Waals surface area contributed by atoms with Crippen molar-refractivity contribution in [3.05, 3.63) is 52.8 Å². The van der Waals surface area contributed by atoms with Crippen molar-refractivity contribution < 1.29 is 9.90 Å². The molecule has 0 aliphatic carbocycles. The largest absolute Gasteiger partial charge is 0.478 e. The van der Waals surface area contributed by atoms with Crippen molar-refractivity contribution in [2.45, 2.75) is 33.0 Å². The predicted molar refractivity (Wildman–Crippen MR) is 79.1 cm³/mol. The Balaban J connectivity index is 1.79. The molecular formula is C16H19N3O2. The van der Waals surface area contributed by atoms with E-state index >= 15 is 0 Å². The van der Waals surface area contributed by atoms with Gasteiger partial charge in [0.1, 0.15) is 0 Å². The lowest BCUT2D eigenvalue weighted by atomic mass is 9.94. The van der Waals surface area contributed by atoms with Gasteiger partial charge in [0.15, 0.2) is 0 Å². The van der Waals surface area contributed by atoms with Crippen molar-refractivity contribution in [1.82, 2.24) is 14.7 Å². The summed E-state index contributed by atoms with van der Waals surface area (Å²) in [6, 6.07) is 7.61. The maximum absolute atomic E-state index is 11.3. The van der Waals surface area contributed by atoms with Gasteiger partial charge in [-0.2, -0.15) is 5.10 Å². The van der Waals surface area contributed by atoms with Crippen molar-refractivity contribution >= 4 is 5.97 Å². The molecule has 1 aromatic heterocycles. The van der Waals surface area contributed by atoms with Crippen molar-refractivity contribution in [3.8, 4) is 0 Å². The van der Waals surface area contributed by atoms with Crippen LogP contribution in [0.5, 0.6) is 0 Å². The van der Waals surface area contributed by atoms with Crippen molar-refractivity contribution in [2.75, 3.05) is 6.54 Å². The number of carboxylic acids is 1. The molecule has 5 nitrogen and oxygen atoms in total. The first-order valence-electron chi connectivity index (χ1n) is 7.26. The average Bonchev–Trinajstić information content (AvgIpc) is 2.93. The zero-order valence-corrected chi connectivity index (χ0v) is 12.1. The lowest BCUT2D eigenvalue weighted by Gasteiger charge is -2.29. The number of carboxylic acid groups (broad SMARTS) is 1. The normalized spacial score (nSPS) is 14.9. The van der Waals surface area contributed by atoms with Gasteiger partial charge in [-0.3, -0.25) is 9.58 Å². The third kappa shape index (κ3) is 2.69. The maximum atomic E-state index is 11.3. The van der Waals surface area contributed by atoms with Gasteiger partial charge in [0.05, 0.1) is 11.3 Å². The van der Waals surface area contributed by atoms with Crippen LogP contribution in [0.1, 0.15) is 34.1 Å². The van der Waals surface area contributed by atoms with E-state index < -0.39 is 5.97 Å². The second-order valence-electron chi connectivity index (χ2n) is 5.35. The lowest BCUT2D eigenvalue weighted by Crippen LogP contribution is -2.31. The molecule has 1 N–H and O–H groups in total. The molecule has 0 fully saturated rings. The van der Waals surface area contributed by atoms with E-state index in [0.29, 0.717) is 5.56 Å². The number of benzene rings is 1. The van der Waals surface area contributed by atoms with Crippen LogP contribution in [0.3, 0.4) is 0 Å². The summed E-state index contributed by atoms with van der Waals surface area (Å²) in [6.07, 6.45) is 2.62. The first-order valence-corrected chi connectivity index (χ1v) is 7.26. The monoisotopic (exact) mass is 285 g/mol. The van der Waals surface area contributed by atoms with E-state index in [2.05, 4.69) is 16.9 Å². The zero-order valence-electron chi connectivity index (χ0n) is 12.1. The number of aromatic nitrogens is 2. The maximum Gasteiger partial charge on any atom is 0.335 e. The molecule has 2 heterocycles. The minimum atomic E-state index is -0.829. The van der Waals surface area contributed by atoms with Gasteiger partial charge >= 0.3 is 5.97 Å². The van der Waals surface area contributed by atoms with E-state index in [0.717, 1.165) is 43.7 Å². The number of aryl methyl sites for hydroxylation is 1. The molecule has 0 atom stereocenters. The fourth-order valence-electron chi connectivity index (χ4n) is 3.01. The van der Waals surface area contributed by atoms with Gasteiger partial charge in [0.25, 0.3) is 0 Å². The highest BCUT2D eigenvalue weighted by molar-refractivity contribution is 5.89. The second kappa shape index (κ2) is 5.69. The molecule has 2 aromatic rings. The molecule has 3 rings (SSSR count). The zero-order chi connectivity index (χ0) is 14.8. The highest BCUT2D eigenvalue weighted by Crippen LogP contribution is 2.23. The highest BCUT2D eigenvalue weighted by atomic mass is 16.4. The number of hydrogen-bond donors (Lipinski definition) is 1. The van der Waals surface area contributed by atoms with Crippen LogP contribution >= 0.6 is 0 Å². The number of rotatable bonds is 4. The minimum absolute atomic E-state index is 0.450. The summed E-state index contributed by atoms with van der Waals surface area (Å²) < 4.78 is 2.00. The summed E-state index contributed by atoms with van der Waals surface area (Å²) in [5, 5.41) is 13.6. The summed E-state index contributed by atoms with van der Waals surface area (Å²) in [5.41, 5.74) is 3.77. The van der Waals surface area contributed by atoms with Crippen LogP contribution in [0.25, 0.3) is 0 Å². The molecule has 0 saturated carbocycles. The van der Waals surface area contributed by atoms with Crippen molar-refractivity contribution in [1.29, 1.82) is 0 Å². The molecule has 0 unspecified atom stereocenters. The Hall–Kier alpha value is -2.14. The molecule has 21 heavy (non-hydrogen) atoms. The number of aromatic carboxylic acids is 1. The van der Waals surface area contributed by atoms with Crippen LogP contribution in [0.4, 0.5) is 0 Å². The quantitative estimate of drug-likeness (QED) is 0.935. The Morgan fingerprint density at radius 1 is 1.38 bits per heavy atom. The number of nitrogens with zero attached hydrogens (tertiary/aromatic N) is 3. The molecule has 0 saturated heterocycles. The summed E-state index contributed by atoms with van der Waals surface area (Å²) in [5.74, 6) is -0.829. The summed E-state index contributed by atoms with van der Waals surface area (Å²) >= 11 is 0. The fourth-order valence-corrected chi connectivity index (χ4v) is 3.01. The summed E-state index contributed by atoms with van der Waals surface area (Å²) in [7, 11) is 0. The standard InChI is InChI=1S/C16H19N3O2/c1-2-19-13(6-8-17-19)11-18-9-7-14-12(10-18)4-3-5-15(14)16(20)21/h3-6,8H,2,7,9-11H2,1H3,(H,20,21). The van der Waals surface area contributed by atoms with Crippen molar-refractivity contribution in [3.63, 3.8) is 0 Å². The van der Waals surface area contributed by atoms with Crippen LogP contribution in [0.15, 0.2) is 30.5 Å². The summed E-state index contributed by atoms with van der Waals surface area (Å²) in [6.45, 7) is 5.49. The van der Waals surface area contributed by atoms with Gasteiger partial charge in [0.2, 0.25) is 0 Å². The molecule has 0 radical (unpaired) electrons. The van der Waals surface area contributed by atoms with Gasteiger partial charge in [-0.1, -0.05) is 12.1 Å². The van der Waals surface area contributed by atoms with Gasteiger partial charge < -0.3 is 5.11 Å². The topological polar surface area (TPSA) is 58.4 Å². The minimum Gasteiger partial charge on any atom is -0.478 e. The highest BCUT2D eigenvalue weighted by Gasteiger charge is 2.21. The van der Waals surface area contributed by atoms with E-state index in [1.165, 1.54) is 5.69 Å². The Labute approximate surface area is 123 Å². The molecule has 0 bridgehead atoms. The Kier molecular flexibility index (Phi) is 3.75. The Bertz CT molecular complexity index is 663. The van der Waals surface area contributed by atoms with Crippen molar-refractivity contribution in [2.24, 2.45) is 0 Å². The van der Waals surface area contributed by atoms with Gasteiger partial charge in [0, 0.05) is 32.4 Å².